The van der Waals surface area contributed by atoms with Crippen LogP contribution in [0.5, 0.6) is 5.75 Å². The summed E-state index contributed by atoms with van der Waals surface area (Å²) in [5, 5.41) is 16.9. The number of nitrogens with zero attached hydrogens (tertiary/aromatic N) is 2. The zero-order chi connectivity index (χ0) is 19.7. The molecule has 1 N–H and O–H groups in total. The Bertz CT molecular complexity index is 1050. The molecular formula is C23H19ClN2O2. The van der Waals surface area contributed by atoms with Crippen molar-refractivity contribution in [1.29, 1.82) is 0 Å². The van der Waals surface area contributed by atoms with Gasteiger partial charge in [0.15, 0.2) is 0 Å². The topological polar surface area (TPSA) is 52.9 Å². The molecule has 0 unspecified atom stereocenters. The lowest BCUT2D eigenvalue weighted by Crippen LogP contribution is -2.27. The molecule has 0 spiro atoms. The van der Waals surface area contributed by atoms with Gasteiger partial charge in [-0.1, -0.05) is 59.6 Å². The molecule has 3 aromatic carbocycles. The number of carbonyl (C=O) groups is 1. The van der Waals surface area contributed by atoms with E-state index in [1.54, 1.807) is 30.3 Å². The quantitative estimate of drug-likeness (QED) is 0.655. The molecule has 0 aliphatic carbocycles. The first-order valence-corrected chi connectivity index (χ1v) is 9.42. The molecule has 1 aliphatic heterocycles. The zero-order valence-electron chi connectivity index (χ0n) is 15.3. The zero-order valence-corrected chi connectivity index (χ0v) is 16.1. The summed E-state index contributed by atoms with van der Waals surface area (Å²) in [7, 11) is 0. The standard InChI is InChI=1S/C23H19ClN2O2/c1-15-7-9-16(10-8-15)21-14-20(19-13-18(24)11-12-22(19)27)25-26(21)23(28)17-5-3-2-4-6-17/h2-13,21,27H,14H2,1H3/t21-/m0/s1. The molecule has 0 fully saturated rings. The Morgan fingerprint density at radius 3 is 2.50 bits per heavy atom. The minimum Gasteiger partial charge on any atom is -0.507 e. The number of phenolic OH excluding ortho intramolecular Hbond substituents is 1. The molecule has 4 nitrogen and oxygen atoms in total. The minimum absolute atomic E-state index is 0.0971. The lowest BCUT2D eigenvalue weighted by atomic mass is 9.97. The summed E-state index contributed by atoms with van der Waals surface area (Å²) in [6, 6.07) is 21.8. The summed E-state index contributed by atoms with van der Waals surface area (Å²) in [6.07, 6.45) is 0.496. The Labute approximate surface area is 168 Å². The van der Waals surface area contributed by atoms with E-state index in [-0.39, 0.29) is 17.7 Å². The second kappa shape index (κ2) is 7.49. The van der Waals surface area contributed by atoms with E-state index in [0.717, 1.165) is 11.1 Å². The van der Waals surface area contributed by atoms with Crippen LogP contribution in [0.15, 0.2) is 77.9 Å². The molecule has 28 heavy (non-hydrogen) atoms. The summed E-state index contributed by atoms with van der Waals surface area (Å²) in [5.74, 6) is -0.0810. The Kier molecular flexibility index (Phi) is 4.88. The molecule has 140 valence electrons. The van der Waals surface area contributed by atoms with Crippen molar-refractivity contribution in [3.05, 3.63) is 100 Å². The third-order valence-electron chi connectivity index (χ3n) is 4.87. The van der Waals surface area contributed by atoms with Crippen LogP contribution in [0.1, 0.15) is 39.5 Å². The molecule has 1 amide bonds. The molecular weight excluding hydrogens is 372 g/mol. The number of hydrogen-bond donors (Lipinski definition) is 1. The second-order valence-electron chi connectivity index (χ2n) is 6.85. The highest BCUT2D eigenvalue weighted by molar-refractivity contribution is 6.31. The van der Waals surface area contributed by atoms with E-state index in [1.807, 2.05) is 49.4 Å². The second-order valence-corrected chi connectivity index (χ2v) is 7.29. The number of halogens is 1. The van der Waals surface area contributed by atoms with Crippen molar-refractivity contribution in [3.63, 3.8) is 0 Å². The van der Waals surface area contributed by atoms with Crippen molar-refractivity contribution in [2.75, 3.05) is 0 Å². The molecule has 1 heterocycles. The van der Waals surface area contributed by atoms with Crippen LogP contribution in [0.3, 0.4) is 0 Å². The lowest BCUT2D eigenvalue weighted by Gasteiger charge is -2.22. The summed E-state index contributed by atoms with van der Waals surface area (Å²) in [4.78, 5) is 13.2. The Morgan fingerprint density at radius 2 is 1.79 bits per heavy atom. The fraction of sp³-hybridized carbons (Fsp3) is 0.130. The molecule has 0 aromatic heterocycles. The van der Waals surface area contributed by atoms with Gasteiger partial charge in [0.2, 0.25) is 0 Å². The van der Waals surface area contributed by atoms with Crippen LogP contribution in [0.4, 0.5) is 0 Å². The highest BCUT2D eigenvalue weighted by Gasteiger charge is 2.34. The molecule has 0 saturated carbocycles. The largest absolute Gasteiger partial charge is 0.507 e. The van der Waals surface area contributed by atoms with Crippen molar-refractivity contribution < 1.29 is 9.90 Å². The smallest absolute Gasteiger partial charge is 0.274 e. The maximum atomic E-state index is 13.2. The number of aromatic hydroxyl groups is 1. The van der Waals surface area contributed by atoms with Gasteiger partial charge in [-0.3, -0.25) is 4.79 Å². The lowest BCUT2D eigenvalue weighted by molar-refractivity contribution is 0.0711. The van der Waals surface area contributed by atoms with Gasteiger partial charge in [-0.05, 0) is 42.8 Å². The van der Waals surface area contributed by atoms with E-state index in [1.165, 1.54) is 5.01 Å². The van der Waals surface area contributed by atoms with E-state index in [0.29, 0.717) is 28.3 Å². The van der Waals surface area contributed by atoms with E-state index < -0.39 is 0 Å². The van der Waals surface area contributed by atoms with Gasteiger partial charge in [-0.2, -0.15) is 5.10 Å². The Balaban J connectivity index is 1.77. The number of carbonyl (C=O) groups excluding carboxylic acids is 1. The summed E-state index contributed by atoms with van der Waals surface area (Å²) >= 11 is 6.11. The molecule has 1 atom stereocenters. The van der Waals surface area contributed by atoms with Gasteiger partial charge in [0, 0.05) is 22.6 Å². The summed E-state index contributed by atoms with van der Waals surface area (Å²) in [5.41, 5.74) is 3.90. The first-order valence-electron chi connectivity index (χ1n) is 9.04. The van der Waals surface area contributed by atoms with Crippen molar-refractivity contribution in [1.82, 2.24) is 5.01 Å². The number of benzene rings is 3. The van der Waals surface area contributed by atoms with Crippen molar-refractivity contribution in [2.24, 2.45) is 5.10 Å². The van der Waals surface area contributed by atoms with E-state index in [2.05, 4.69) is 5.10 Å². The molecule has 0 saturated heterocycles. The molecule has 3 aromatic rings. The van der Waals surface area contributed by atoms with Gasteiger partial charge in [-0.15, -0.1) is 0 Å². The third-order valence-corrected chi connectivity index (χ3v) is 5.11. The fourth-order valence-corrected chi connectivity index (χ4v) is 3.53. The predicted molar refractivity (Wildman–Crippen MR) is 111 cm³/mol. The van der Waals surface area contributed by atoms with Crippen LogP contribution in [0.2, 0.25) is 5.02 Å². The number of aryl methyl sites for hydroxylation is 1. The number of amides is 1. The number of hydrazone groups is 1. The predicted octanol–water partition coefficient (Wildman–Crippen LogP) is 5.35. The monoisotopic (exact) mass is 390 g/mol. The number of hydrogen-bond acceptors (Lipinski definition) is 3. The van der Waals surface area contributed by atoms with Gasteiger partial charge >= 0.3 is 0 Å². The Hall–Kier alpha value is -3.11. The van der Waals surface area contributed by atoms with Crippen LogP contribution in [0, 0.1) is 6.92 Å². The van der Waals surface area contributed by atoms with E-state index in [9.17, 15) is 9.90 Å². The SMILES string of the molecule is Cc1ccc([C@@H]2CC(c3cc(Cl)ccc3O)=NN2C(=O)c2ccccc2)cc1. The maximum Gasteiger partial charge on any atom is 0.274 e. The van der Waals surface area contributed by atoms with Gasteiger partial charge < -0.3 is 5.11 Å². The molecule has 0 bridgehead atoms. The van der Waals surface area contributed by atoms with Crippen LogP contribution < -0.4 is 0 Å². The third kappa shape index (κ3) is 3.51. The van der Waals surface area contributed by atoms with Gasteiger partial charge in [0.25, 0.3) is 5.91 Å². The Morgan fingerprint density at radius 1 is 1.07 bits per heavy atom. The maximum absolute atomic E-state index is 13.2. The van der Waals surface area contributed by atoms with Crippen LogP contribution in [-0.4, -0.2) is 21.7 Å². The average Bonchev–Trinajstić information content (AvgIpc) is 3.15. The summed E-state index contributed by atoms with van der Waals surface area (Å²) < 4.78 is 0. The van der Waals surface area contributed by atoms with E-state index >= 15 is 0 Å². The first-order chi connectivity index (χ1) is 13.5. The van der Waals surface area contributed by atoms with E-state index in [4.69, 9.17) is 11.6 Å². The molecule has 4 rings (SSSR count). The van der Waals surface area contributed by atoms with Crippen molar-refractivity contribution in [3.8, 4) is 5.75 Å². The van der Waals surface area contributed by atoms with Crippen LogP contribution >= 0.6 is 11.6 Å². The number of phenols is 1. The highest BCUT2D eigenvalue weighted by Crippen LogP contribution is 2.36. The molecule has 0 radical (unpaired) electrons. The molecule has 1 aliphatic rings. The summed E-state index contributed by atoms with van der Waals surface area (Å²) in [6.45, 7) is 2.03. The van der Waals surface area contributed by atoms with Gasteiger partial charge in [0.05, 0.1) is 11.8 Å². The van der Waals surface area contributed by atoms with Crippen LogP contribution in [0.25, 0.3) is 0 Å². The molecule has 5 heteroatoms. The average molecular weight is 391 g/mol. The first kappa shape index (κ1) is 18.3. The van der Waals surface area contributed by atoms with Crippen LogP contribution in [-0.2, 0) is 0 Å². The number of rotatable bonds is 3. The fourth-order valence-electron chi connectivity index (χ4n) is 3.36. The van der Waals surface area contributed by atoms with Crippen molar-refractivity contribution in [2.45, 2.75) is 19.4 Å². The van der Waals surface area contributed by atoms with Crippen molar-refractivity contribution >= 4 is 23.2 Å². The van der Waals surface area contributed by atoms with Gasteiger partial charge in [-0.25, -0.2) is 5.01 Å². The minimum atomic E-state index is -0.248. The normalized spacial score (nSPS) is 16.1. The highest BCUT2D eigenvalue weighted by atomic mass is 35.5. The van der Waals surface area contributed by atoms with Gasteiger partial charge in [0.1, 0.15) is 5.75 Å².